The van der Waals surface area contributed by atoms with Gasteiger partial charge in [0, 0.05) is 15.8 Å². The van der Waals surface area contributed by atoms with Crippen molar-refractivity contribution in [3.63, 3.8) is 0 Å². The zero-order chi connectivity index (χ0) is 13.8. The van der Waals surface area contributed by atoms with E-state index in [4.69, 9.17) is 10.3 Å². The second-order valence-corrected chi connectivity index (χ2v) is 3.63. The number of rotatable bonds is 3. The summed E-state index contributed by atoms with van der Waals surface area (Å²) in [6, 6.07) is 6.74. The van der Waals surface area contributed by atoms with E-state index < -0.39 is 11.5 Å². The minimum atomic E-state index is -0.808. The second kappa shape index (κ2) is 5.24. The SMILES string of the molecule is CCOC(=O)c1c(N=[N+]=[N-])c2ccccc2[nH]c1=O. The molecule has 7 nitrogen and oxygen atoms in total. The Morgan fingerprint density at radius 1 is 1.47 bits per heavy atom. The van der Waals surface area contributed by atoms with Crippen LogP contribution in [0.5, 0.6) is 0 Å². The largest absolute Gasteiger partial charge is 0.462 e. The summed E-state index contributed by atoms with van der Waals surface area (Å²) in [5.41, 5.74) is 8.16. The number of benzene rings is 1. The van der Waals surface area contributed by atoms with Crippen LogP contribution in [0.4, 0.5) is 5.69 Å². The molecule has 0 aliphatic carbocycles. The quantitative estimate of drug-likeness (QED) is 0.395. The zero-order valence-electron chi connectivity index (χ0n) is 10.1. The molecule has 0 spiro atoms. The van der Waals surface area contributed by atoms with Gasteiger partial charge in [-0.2, -0.15) is 0 Å². The molecule has 2 rings (SSSR count). The van der Waals surface area contributed by atoms with Crippen molar-refractivity contribution in [2.45, 2.75) is 6.92 Å². The summed E-state index contributed by atoms with van der Waals surface area (Å²) in [4.78, 5) is 28.9. The standard InChI is InChI=1S/C12H10N4O3/c1-2-19-12(18)9-10(15-16-13)7-5-3-4-6-8(7)14-11(9)17/h3-6H,2H2,1H3,(H,14,17). The van der Waals surface area contributed by atoms with Crippen molar-refractivity contribution in [1.29, 1.82) is 0 Å². The number of azide groups is 1. The Balaban J connectivity index is 2.85. The van der Waals surface area contributed by atoms with E-state index in [0.29, 0.717) is 10.9 Å². The fraction of sp³-hybridized carbons (Fsp3) is 0.167. The number of fused-ring (bicyclic) bond motifs is 1. The molecule has 0 bridgehead atoms. The summed E-state index contributed by atoms with van der Waals surface area (Å²) in [6.07, 6.45) is 0. The molecule has 0 aliphatic heterocycles. The van der Waals surface area contributed by atoms with E-state index in [1.165, 1.54) is 0 Å². The molecule has 96 valence electrons. The molecular weight excluding hydrogens is 248 g/mol. The van der Waals surface area contributed by atoms with Crippen molar-refractivity contribution in [3.05, 3.63) is 50.6 Å². The first-order valence-electron chi connectivity index (χ1n) is 5.56. The van der Waals surface area contributed by atoms with Gasteiger partial charge in [0.15, 0.2) is 0 Å². The number of pyridine rings is 1. The Bertz CT molecular complexity index is 744. The highest BCUT2D eigenvalue weighted by molar-refractivity contribution is 6.03. The molecule has 0 saturated heterocycles. The van der Waals surface area contributed by atoms with Gasteiger partial charge in [-0.3, -0.25) is 4.79 Å². The molecule has 0 saturated carbocycles. The van der Waals surface area contributed by atoms with Crippen molar-refractivity contribution in [3.8, 4) is 0 Å². The molecule has 19 heavy (non-hydrogen) atoms. The van der Waals surface area contributed by atoms with E-state index >= 15 is 0 Å². The van der Waals surface area contributed by atoms with Crippen molar-refractivity contribution in [2.75, 3.05) is 6.61 Å². The maximum Gasteiger partial charge on any atom is 0.344 e. The van der Waals surface area contributed by atoms with Crippen LogP contribution in [-0.4, -0.2) is 17.6 Å². The molecular formula is C12H10N4O3. The Labute approximate surface area is 107 Å². The van der Waals surface area contributed by atoms with Gasteiger partial charge >= 0.3 is 5.97 Å². The highest BCUT2D eigenvalue weighted by atomic mass is 16.5. The van der Waals surface area contributed by atoms with Gasteiger partial charge in [0.25, 0.3) is 5.56 Å². The van der Waals surface area contributed by atoms with Crippen LogP contribution >= 0.6 is 0 Å². The van der Waals surface area contributed by atoms with Crippen LogP contribution in [0, 0.1) is 0 Å². The van der Waals surface area contributed by atoms with Crippen molar-refractivity contribution < 1.29 is 9.53 Å². The van der Waals surface area contributed by atoms with Crippen molar-refractivity contribution in [2.24, 2.45) is 5.11 Å². The van der Waals surface area contributed by atoms with Gasteiger partial charge in [0.2, 0.25) is 0 Å². The van der Waals surface area contributed by atoms with Crippen molar-refractivity contribution in [1.82, 2.24) is 4.98 Å². The summed E-state index contributed by atoms with van der Waals surface area (Å²) in [7, 11) is 0. The number of carbonyl (C=O) groups is 1. The van der Waals surface area contributed by atoms with E-state index in [1.807, 2.05) is 0 Å². The number of carbonyl (C=O) groups excluding carboxylic acids is 1. The van der Waals surface area contributed by atoms with Gasteiger partial charge in [-0.15, -0.1) is 0 Å². The molecule has 1 N–H and O–H groups in total. The van der Waals surface area contributed by atoms with Crippen LogP contribution in [0.3, 0.4) is 0 Å². The number of hydrogen-bond acceptors (Lipinski definition) is 4. The first kappa shape index (κ1) is 12.7. The number of para-hydroxylation sites is 1. The lowest BCUT2D eigenvalue weighted by molar-refractivity contribution is 0.0525. The molecule has 1 heterocycles. The van der Waals surface area contributed by atoms with Gasteiger partial charge in [-0.25, -0.2) is 4.79 Å². The first-order chi connectivity index (χ1) is 9.19. The normalized spacial score (nSPS) is 9.95. The van der Waals surface area contributed by atoms with Crippen LogP contribution in [0.1, 0.15) is 17.3 Å². The number of aromatic nitrogens is 1. The van der Waals surface area contributed by atoms with Gasteiger partial charge in [0.05, 0.1) is 12.3 Å². The van der Waals surface area contributed by atoms with Crippen molar-refractivity contribution >= 4 is 22.6 Å². The Morgan fingerprint density at radius 2 is 2.21 bits per heavy atom. The van der Waals surface area contributed by atoms with Gasteiger partial charge < -0.3 is 9.72 Å². The monoisotopic (exact) mass is 258 g/mol. The summed E-state index contributed by atoms with van der Waals surface area (Å²) < 4.78 is 4.80. The maximum atomic E-state index is 11.9. The average Bonchev–Trinajstić information content (AvgIpc) is 2.39. The topological polar surface area (TPSA) is 108 Å². The van der Waals surface area contributed by atoms with E-state index in [1.54, 1.807) is 31.2 Å². The molecule has 0 amide bonds. The minimum Gasteiger partial charge on any atom is -0.462 e. The molecule has 0 radical (unpaired) electrons. The highest BCUT2D eigenvalue weighted by Crippen LogP contribution is 2.27. The number of nitrogens with zero attached hydrogens (tertiary/aromatic N) is 3. The predicted molar refractivity (Wildman–Crippen MR) is 69.3 cm³/mol. The molecule has 0 atom stereocenters. The van der Waals surface area contributed by atoms with E-state index in [9.17, 15) is 9.59 Å². The number of esters is 1. The number of H-pyrrole nitrogens is 1. The van der Waals surface area contributed by atoms with E-state index in [0.717, 1.165) is 0 Å². The fourth-order valence-corrected chi connectivity index (χ4v) is 1.77. The molecule has 2 aromatic rings. The summed E-state index contributed by atoms with van der Waals surface area (Å²) in [5.74, 6) is -0.808. The van der Waals surface area contributed by atoms with Crippen LogP contribution in [0.15, 0.2) is 34.2 Å². The van der Waals surface area contributed by atoms with Gasteiger partial charge in [-0.05, 0) is 18.5 Å². The molecule has 7 heteroatoms. The lowest BCUT2D eigenvalue weighted by Gasteiger charge is -2.07. The molecule has 0 unspecified atom stereocenters. The average molecular weight is 258 g/mol. The van der Waals surface area contributed by atoms with Gasteiger partial charge in [-0.1, -0.05) is 23.3 Å². The third kappa shape index (κ3) is 2.27. The Hall–Kier alpha value is -2.79. The van der Waals surface area contributed by atoms with E-state index in [-0.39, 0.29) is 17.9 Å². The fourth-order valence-electron chi connectivity index (χ4n) is 1.77. The molecule has 1 aromatic heterocycles. The van der Waals surface area contributed by atoms with Crippen LogP contribution in [0.2, 0.25) is 0 Å². The maximum absolute atomic E-state index is 11.9. The summed E-state index contributed by atoms with van der Waals surface area (Å²) in [5, 5.41) is 3.95. The Morgan fingerprint density at radius 3 is 2.89 bits per heavy atom. The number of nitrogens with one attached hydrogen (secondary N) is 1. The second-order valence-electron chi connectivity index (χ2n) is 3.63. The molecule has 0 fully saturated rings. The number of aromatic amines is 1. The number of hydrogen-bond donors (Lipinski definition) is 1. The first-order valence-corrected chi connectivity index (χ1v) is 5.56. The van der Waals surface area contributed by atoms with Gasteiger partial charge in [0.1, 0.15) is 5.56 Å². The Kier molecular flexibility index (Phi) is 3.49. The lowest BCUT2D eigenvalue weighted by atomic mass is 10.1. The van der Waals surface area contributed by atoms with Crippen LogP contribution < -0.4 is 5.56 Å². The predicted octanol–water partition coefficient (Wildman–Crippen LogP) is 2.65. The smallest absolute Gasteiger partial charge is 0.344 e. The molecule has 1 aromatic carbocycles. The van der Waals surface area contributed by atoms with Crippen LogP contribution in [-0.2, 0) is 4.74 Å². The third-order valence-electron chi connectivity index (χ3n) is 2.52. The van der Waals surface area contributed by atoms with E-state index in [2.05, 4.69) is 15.0 Å². The lowest BCUT2D eigenvalue weighted by Crippen LogP contribution is -2.20. The molecule has 0 aliphatic rings. The third-order valence-corrected chi connectivity index (χ3v) is 2.52. The number of ether oxygens (including phenoxy) is 1. The summed E-state index contributed by atoms with van der Waals surface area (Å²) >= 11 is 0. The highest BCUT2D eigenvalue weighted by Gasteiger charge is 2.19. The summed E-state index contributed by atoms with van der Waals surface area (Å²) in [6.45, 7) is 1.75. The zero-order valence-corrected chi connectivity index (χ0v) is 10.1. The minimum absolute atomic E-state index is 0.0136. The van der Waals surface area contributed by atoms with Crippen LogP contribution in [0.25, 0.3) is 21.3 Å².